The van der Waals surface area contributed by atoms with Crippen molar-refractivity contribution in [3.05, 3.63) is 41.0 Å². The van der Waals surface area contributed by atoms with Crippen molar-refractivity contribution < 1.29 is 13.3 Å². The fourth-order valence-corrected chi connectivity index (χ4v) is 6.57. The predicted octanol–water partition coefficient (Wildman–Crippen LogP) is 5.40. The van der Waals surface area contributed by atoms with Crippen LogP contribution in [0.4, 0.5) is 20.4 Å². The lowest BCUT2D eigenvalue weighted by Gasteiger charge is -2.36. The van der Waals surface area contributed by atoms with E-state index in [-0.39, 0.29) is 35.7 Å². The third kappa shape index (κ3) is 4.23. The summed E-state index contributed by atoms with van der Waals surface area (Å²) in [6.45, 7) is 15.8. The van der Waals surface area contributed by atoms with Crippen molar-refractivity contribution in [3.63, 3.8) is 0 Å². The number of nitrogens with zero attached hydrogens (tertiary/aromatic N) is 3. The van der Waals surface area contributed by atoms with Gasteiger partial charge in [0, 0.05) is 52.5 Å². The molecule has 1 aliphatic heterocycles. The molecule has 1 atom stereocenters. The summed E-state index contributed by atoms with van der Waals surface area (Å²) in [5.41, 5.74) is 1.79. The Balaban J connectivity index is 1.65. The molecule has 3 heterocycles. The smallest absolute Gasteiger partial charge is 0.277 e. The highest BCUT2D eigenvalue weighted by Crippen LogP contribution is 2.48. The molecule has 0 radical (unpaired) electrons. The van der Waals surface area contributed by atoms with Crippen LogP contribution in [0.2, 0.25) is 0 Å². The maximum Gasteiger partial charge on any atom is 0.277 e. The summed E-state index contributed by atoms with van der Waals surface area (Å²) in [7, 11) is -2.83. The van der Waals surface area contributed by atoms with Gasteiger partial charge in [-0.2, -0.15) is 0 Å². The molecule has 0 spiro atoms. The van der Waals surface area contributed by atoms with Gasteiger partial charge >= 0.3 is 0 Å². The van der Waals surface area contributed by atoms with Crippen LogP contribution in [-0.2, 0) is 16.9 Å². The highest BCUT2D eigenvalue weighted by molar-refractivity contribution is 7.71. The van der Waals surface area contributed by atoms with Gasteiger partial charge in [0.1, 0.15) is 7.14 Å². The van der Waals surface area contributed by atoms with Gasteiger partial charge in [0.25, 0.3) is 5.92 Å². The molecule has 3 N–H and O–H groups in total. The normalized spacial score (nSPS) is 21.0. The second kappa shape index (κ2) is 8.11. The van der Waals surface area contributed by atoms with Crippen LogP contribution in [-0.4, -0.2) is 46.4 Å². The Kier molecular flexibility index (Phi) is 5.54. The minimum atomic E-state index is -3.03. The molecule has 1 saturated heterocycles. The van der Waals surface area contributed by atoms with Crippen LogP contribution < -0.4 is 15.9 Å². The first kappa shape index (κ1) is 23.9. The summed E-state index contributed by atoms with van der Waals surface area (Å²) in [5.74, 6) is -2.69. The van der Waals surface area contributed by atoms with E-state index in [4.69, 9.17) is 6.57 Å². The van der Waals surface area contributed by atoms with E-state index in [2.05, 4.69) is 44.3 Å². The quantitative estimate of drug-likeness (QED) is 0.331. The number of aromatic nitrogens is 3. The van der Waals surface area contributed by atoms with Gasteiger partial charge in [-0.1, -0.05) is 12.1 Å². The first-order chi connectivity index (χ1) is 16.4. The van der Waals surface area contributed by atoms with E-state index in [9.17, 15) is 4.57 Å². The second-order valence-electron chi connectivity index (χ2n) is 10.6. The average molecular weight is 499 g/mol. The minimum absolute atomic E-state index is 0.0636. The molecular formula is C25H29F2N6OP. The molecular weight excluding hydrogens is 469 g/mol. The maximum atomic E-state index is 15.0. The topological polar surface area (TPSA) is 87.1 Å². The number of halogens is 2. The Morgan fingerprint density at radius 2 is 2.00 bits per heavy atom. The molecule has 1 fully saturated rings. The number of rotatable bonds is 4. The van der Waals surface area contributed by atoms with Crippen molar-refractivity contribution in [1.82, 2.24) is 20.3 Å². The van der Waals surface area contributed by atoms with Crippen LogP contribution in [0.15, 0.2) is 18.3 Å². The number of fused-ring (bicyclic) bond motifs is 2. The molecule has 7 nitrogen and oxygen atoms in total. The van der Waals surface area contributed by atoms with E-state index in [1.807, 2.05) is 0 Å². The zero-order valence-corrected chi connectivity index (χ0v) is 21.2. The summed E-state index contributed by atoms with van der Waals surface area (Å²) < 4.78 is 43.1. The number of hydrogen-bond acceptors (Lipinski definition) is 5. The highest BCUT2D eigenvalue weighted by atomic mass is 31.2. The lowest BCUT2D eigenvalue weighted by molar-refractivity contribution is -0.00154. The van der Waals surface area contributed by atoms with Crippen molar-refractivity contribution in [2.45, 2.75) is 57.0 Å². The monoisotopic (exact) mass is 498 g/mol. The van der Waals surface area contributed by atoms with Crippen molar-refractivity contribution in [1.29, 1.82) is 0 Å². The van der Waals surface area contributed by atoms with Gasteiger partial charge in [0.2, 0.25) is 5.95 Å². The van der Waals surface area contributed by atoms with Crippen LogP contribution in [0.1, 0.15) is 44.4 Å². The molecule has 0 amide bonds. The summed E-state index contributed by atoms with van der Waals surface area (Å²) in [6.07, 6.45) is 3.40. The summed E-state index contributed by atoms with van der Waals surface area (Å²) in [6, 6.07) is 3.42. The van der Waals surface area contributed by atoms with Gasteiger partial charge < -0.3 is 20.2 Å². The summed E-state index contributed by atoms with van der Waals surface area (Å²) in [4.78, 5) is 15.8. The van der Waals surface area contributed by atoms with Gasteiger partial charge in [0.15, 0.2) is 5.69 Å². The van der Waals surface area contributed by atoms with Crippen molar-refractivity contribution in [2.75, 3.05) is 25.2 Å². The fraction of sp³-hybridized carbons (Fsp3) is 0.480. The molecule has 2 aliphatic rings. The standard InChI is InChI=1S/C25H29F2N6OP/c1-24(2)10-8-14(12-30-24)31-23-32-17-9-11-25(26,27)19(17)20(33-23)16-13-29-21-15(16)6-7-18(28-3)22(21)35(4,5)34/h6-7,13-14,29-30H,8-12H2,1-2,4-5H3,(H,31,32,33)/t14-/m0/s1. The number of piperidine rings is 1. The van der Waals surface area contributed by atoms with Crippen LogP contribution in [0.25, 0.3) is 27.0 Å². The maximum absolute atomic E-state index is 15.0. The number of hydrogen-bond donors (Lipinski definition) is 3. The van der Waals surface area contributed by atoms with E-state index in [0.717, 1.165) is 19.4 Å². The largest absolute Gasteiger partial charge is 0.361 e. The highest BCUT2D eigenvalue weighted by Gasteiger charge is 2.44. The third-order valence-corrected chi connectivity index (χ3v) is 8.55. The zero-order valence-electron chi connectivity index (χ0n) is 20.3. The predicted molar refractivity (Wildman–Crippen MR) is 136 cm³/mol. The molecule has 184 valence electrons. The second-order valence-corrected chi connectivity index (χ2v) is 13.7. The third-order valence-electron chi connectivity index (χ3n) is 7.03. The van der Waals surface area contributed by atoms with Gasteiger partial charge in [-0.25, -0.2) is 23.6 Å². The van der Waals surface area contributed by atoms with Crippen molar-refractivity contribution >= 4 is 35.0 Å². The van der Waals surface area contributed by atoms with E-state index in [1.165, 1.54) is 0 Å². The number of alkyl halides is 2. The summed E-state index contributed by atoms with van der Waals surface area (Å²) in [5, 5.41) is 7.90. The van der Waals surface area contributed by atoms with E-state index >= 15 is 8.78 Å². The van der Waals surface area contributed by atoms with Gasteiger partial charge in [-0.05, 0) is 46.4 Å². The Hall–Kier alpha value is -2.82. The van der Waals surface area contributed by atoms with E-state index < -0.39 is 13.1 Å². The van der Waals surface area contributed by atoms with Gasteiger partial charge in [0.05, 0.1) is 23.5 Å². The van der Waals surface area contributed by atoms with Crippen molar-refractivity contribution in [2.24, 2.45) is 0 Å². The van der Waals surface area contributed by atoms with Gasteiger partial charge in [-0.15, -0.1) is 0 Å². The average Bonchev–Trinajstić information content (AvgIpc) is 3.34. The Labute approximate surface area is 203 Å². The number of H-pyrrole nitrogens is 1. The lowest BCUT2D eigenvalue weighted by atomic mass is 9.91. The first-order valence-electron chi connectivity index (χ1n) is 11.8. The van der Waals surface area contributed by atoms with Gasteiger partial charge in [-0.3, -0.25) is 0 Å². The fourth-order valence-electron chi connectivity index (χ4n) is 5.17. The molecule has 1 aromatic carbocycles. The van der Waals surface area contributed by atoms with Crippen LogP contribution in [0.5, 0.6) is 0 Å². The molecule has 10 heteroatoms. The molecule has 0 saturated carbocycles. The molecule has 1 aliphatic carbocycles. The molecule has 0 bridgehead atoms. The molecule has 35 heavy (non-hydrogen) atoms. The van der Waals surface area contributed by atoms with Crippen molar-refractivity contribution in [3.8, 4) is 11.3 Å². The van der Waals surface area contributed by atoms with Crippen LogP contribution in [0.3, 0.4) is 0 Å². The van der Waals surface area contributed by atoms with E-state index in [0.29, 0.717) is 39.1 Å². The number of benzene rings is 1. The van der Waals surface area contributed by atoms with Crippen LogP contribution in [0, 0.1) is 6.57 Å². The molecule has 2 aromatic heterocycles. The SMILES string of the molecule is [C-]#[N+]c1ccc2c(-c3nc(N[C@H]4CCC(C)(C)NC4)nc4c3C(F)(F)CC4)c[nH]c2c1P(C)(C)=O. The number of nitrogens with one attached hydrogen (secondary N) is 3. The molecule has 3 aromatic rings. The zero-order chi connectivity index (χ0) is 25.2. The minimum Gasteiger partial charge on any atom is -0.361 e. The molecule has 0 unspecified atom stereocenters. The first-order valence-corrected chi connectivity index (χ1v) is 14.4. The number of aromatic amines is 1. The Morgan fingerprint density at radius 3 is 2.66 bits per heavy atom. The lowest BCUT2D eigenvalue weighted by Crippen LogP contribution is -2.50. The summed E-state index contributed by atoms with van der Waals surface area (Å²) >= 11 is 0. The van der Waals surface area contributed by atoms with Crippen LogP contribution >= 0.6 is 7.14 Å². The Bertz CT molecular complexity index is 1410. The molecule has 5 rings (SSSR count). The number of aryl methyl sites for hydroxylation is 1. The Morgan fingerprint density at radius 1 is 1.23 bits per heavy atom. The van der Waals surface area contributed by atoms with E-state index in [1.54, 1.807) is 31.7 Å². The number of anilines is 1.